The van der Waals surface area contributed by atoms with Crippen molar-refractivity contribution < 1.29 is 13.2 Å². The van der Waals surface area contributed by atoms with Gasteiger partial charge < -0.3 is 5.32 Å². The molecular formula is C19H23NO3S2. The predicted octanol–water partition coefficient (Wildman–Crippen LogP) is 3.51. The topological polar surface area (TPSA) is 63.2 Å². The molecular weight excluding hydrogens is 354 g/mol. The number of amides is 1. The van der Waals surface area contributed by atoms with Gasteiger partial charge in [-0.3, -0.25) is 4.79 Å². The molecule has 0 saturated carbocycles. The minimum atomic E-state index is -3.20. The molecule has 0 spiro atoms. The summed E-state index contributed by atoms with van der Waals surface area (Å²) in [4.78, 5) is 12.4. The van der Waals surface area contributed by atoms with Crippen molar-refractivity contribution in [3.05, 3.63) is 65.2 Å². The number of carbonyl (C=O) groups excluding carboxylic acids is 1. The van der Waals surface area contributed by atoms with Crippen molar-refractivity contribution in [2.24, 2.45) is 0 Å². The van der Waals surface area contributed by atoms with E-state index in [0.29, 0.717) is 5.75 Å². The number of hydrogen-bond donors (Lipinski definition) is 1. The summed E-state index contributed by atoms with van der Waals surface area (Å²) in [6.45, 7) is 3.96. The lowest BCUT2D eigenvalue weighted by Crippen LogP contribution is -2.28. The Hall–Kier alpha value is -1.79. The average molecular weight is 378 g/mol. The molecule has 0 heterocycles. The SMILES string of the molecule is Cc1ccccc1CSCC(=O)N[C@H](C)c1ccc(S(C)(=O)=O)cc1. The second kappa shape index (κ2) is 8.54. The summed E-state index contributed by atoms with van der Waals surface area (Å²) in [6, 6.07) is 14.6. The summed E-state index contributed by atoms with van der Waals surface area (Å²) in [7, 11) is -3.20. The van der Waals surface area contributed by atoms with Crippen LogP contribution in [0, 0.1) is 6.92 Å². The van der Waals surface area contributed by atoms with Gasteiger partial charge in [0.2, 0.25) is 5.91 Å². The second-order valence-corrected chi connectivity index (χ2v) is 9.05. The average Bonchev–Trinajstić information content (AvgIpc) is 2.56. The highest BCUT2D eigenvalue weighted by molar-refractivity contribution is 7.99. The first-order chi connectivity index (χ1) is 11.8. The molecule has 2 aromatic rings. The van der Waals surface area contributed by atoms with Crippen molar-refractivity contribution in [3.8, 4) is 0 Å². The fourth-order valence-electron chi connectivity index (χ4n) is 2.40. The molecule has 0 aliphatic carbocycles. The Morgan fingerprint density at radius 3 is 2.36 bits per heavy atom. The molecule has 4 nitrogen and oxygen atoms in total. The molecule has 1 amide bonds. The van der Waals surface area contributed by atoms with E-state index in [1.54, 1.807) is 36.0 Å². The van der Waals surface area contributed by atoms with E-state index in [-0.39, 0.29) is 16.8 Å². The molecule has 25 heavy (non-hydrogen) atoms. The summed E-state index contributed by atoms with van der Waals surface area (Å²) in [5.41, 5.74) is 3.35. The molecule has 0 radical (unpaired) electrons. The van der Waals surface area contributed by atoms with Gasteiger partial charge in [0.25, 0.3) is 0 Å². The third-order valence-corrected chi connectivity index (χ3v) is 6.05. The first kappa shape index (κ1) is 19.5. The van der Waals surface area contributed by atoms with E-state index in [9.17, 15) is 13.2 Å². The van der Waals surface area contributed by atoms with Crippen LogP contribution < -0.4 is 5.32 Å². The monoisotopic (exact) mass is 377 g/mol. The Morgan fingerprint density at radius 1 is 1.12 bits per heavy atom. The fourth-order valence-corrected chi connectivity index (χ4v) is 3.94. The van der Waals surface area contributed by atoms with Gasteiger partial charge in [-0.15, -0.1) is 11.8 Å². The van der Waals surface area contributed by atoms with Gasteiger partial charge in [0.1, 0.15) is 0 Å². The summed E-state index contributed by atoms with van der Waals surface area (Å²) in [5.74, 6) is 1.16. The van der Waals surface area contributed by atoms with Crippen molar-refractivity contribution in [1.29, 1.82) is 0 Å². The van der Waals surface area contributed by atoms with E-state index in [4.69, 9.17) is 0 Å². The molecule has 1 atom stereocenters. The van der Waals surface area contributed by atoms with Gasteiger partial charge >= 0.3 is 0 Å². The molecule has 6 heteroatoms. The van der Waals surface area contributed by atoms with Crippen molar-refractivity contribution in [1.82, 2.24) is 5.32 Å². The van der Waals surface area contributed by atoms with Crippen LogP contribution in [0.1, 0.15) is 29.7 Å². The van der Waals surface area contributed by atoms with Gasteiger partial charge in [-0.05, 0) is 42.7 Å². The van der Waals surface area contributed by atoms with E-state index in [1.807, 2.05) is 19.1 Å². The summed E-state index contributed by atoms with van der Waals surface area (Å²) < 4.78 is 23.0. The number of aryl methyl sites for hydroxylation is 1. The highest BCUT2D eigenvalue weighted by Crippen LogP contribution is 2.18. The first-order valence-electron chi connectivity index (χ1n) is 7.99. The summed E-state index contributed by atoms with van der Waals surface area (Å²) in [5, 5.41) is 2.95. The van der Waals surface area contributed by atoms with Gasteiger partial charge in [-0.2, -0.15) is 0 Å². The van der Waals surface area contributed by atoms with Crippen LogP contribution >= 0.6 is 11.8 Å². The van der Waals surface area contributed by atoms with E-state index in [2.05, 4.69) is 24.4 Å². The Kier molecular flexibility index (Phi) is 6.67. The molecule has 0 fully saturated rings. The van der Waals surface area contributed by atoms with E-state index < -0.39 is 9.84 Å². The van der Waals surface area contributed by atoms with Crippen LogP contribution in [-0.4, -0.2) is 26.3 Å². The lowest BCUT2D eigenvalue weighted by molar-refractivity contribution is -0.119. The zero-order valence-electron chi connectivity index (χ0n) is 14.7. The smallest absolute Gasteiger partial charge is 0.230 e. The van der Waals surface area contributed by atoms with Gasteiger partial charge in [-0.1, -0.05) is 36.4 Å². The van der Waals surface area contributed by atoms with Gasteiger partial charge in [0, 0.05) is 12.0 Å². The highest BCUT2D eigenvalue weighted by atomic mass is 32.2. The lowest BCUT2D eigenvalue weighted by atomic mass is 10.1. The highest BCUT2D eigenvalue weighted by Gasteiger charge is 2.12. The van der Waals surface area contributed by atoms with Crippen LogP contribution in [-0.2, 0) is 20.4 Å². The second-order valence-electron chi connectivity index (χ2n) is 6.05. The molecule has 2 rings (SSSR count). The zero-order chi connectivity index (χ0) is 18.4. The number of thioether (sulfide) groups is 1. The number of benzene rings is 2. The maximum absolute atomic E-state index is 12.1. The van der Waals surface area contributed by atoms with Crippen molar-refractivity contribution in [2.45, 2.75) is 30.5 Å². The lowest BCUT2D eigenvalue weighted by Gasteiger charge is -2.15. The van der Waals surface area contributed by atoms with E-state index >= 15 is 0 Å². The zero-order valence-corrected chi connectivity index (χ0v) is 16.3. The van der Waals surface area contributed by atoms with E-state index in [1.165, 1.54) is 17.4 Å². The third kappa shape index (κ3) is 5.90. The molecule has 0 aromatic heterocycles. The Bertz CT molecular complexity index is 830. The quantitative estimate of drug-likeness (QED) is 0.802. The number of nitrogens with one attached hydrogen (secondary N) is 1. The van der Waals surface area contributed by atoms with Gasteiger partial charge in [0.05, 0.1) is 16.7 Å². The normalized spacial score (nSPS) is 12.6. The molecule has 0 aliphatic rings. The van der Waals surface area contributed by atoms with Crippen LogP contribution in [0.2, 0.25) is 0 Å². The van der Waals surface area contributed by atoms with Crippen molar-refractivity contribution in [2.75, 3.05) is 12.0 Å². The van der Waals surface area contributed by atoms with Crippen LogP contribution in [0.5, 0.6) is 0 Å². The molecule has 0 aliphatic heterocycles. The van der Waals surface area contributed by atoms with Crippen LogP contribution in [0.3, 0.4) is 0 Å². The van der Waals surface area contributed by atoms with Gasteiger partial charge in [-0.25, -0.2) is 8.42 Å². The number of hydrogen-bond acceptors (Lipinski definition) is 4. The molecule has 0 bridgehead atoms. The molecule has 134 valence electrons. The minimum Gasteiger partial charge on any atom is -0.349 e. The van der Waals surface area contributed by atoms with Crippen molar-refractivity contribution >= 4 is 27.5 Å². The van der Waals surface area contributed by atoms with Crippen LogP contribution in [0.25, 0.3) is 0 Å². The van der Waals surface area contributed by atoms with Crippen LogP contribution in [0.15, 0.2) is 53.4 Å². The predicted molar refractivity (Wildman–Crippen MR) is 103 cm³/mol. The molecule has 2 aromatic carbocycles. The maximum Gasteiger partial charge on any atom is 0.230 e. The summed E-state index contributed by atoms with van der Waals surface area (Å²) >= 11 is 1.58. The number of rotatable bonds is 7. The Balaban J connectivity index is 1.84. The Morgan fingerprint density at radius 2 is 1.76 bits per heavy atom. The van der Waals surface area contributed by atoms with Gasteiger partial charge in [0.15, 0.2) is 9.84 Å². The third-order valence-electron chi connectivity index (χ3n) is 3.94. The number of sulfone groups is 1. The fraction of sp³-hybridized carbons (Fsp3) is 0.316. The van der Waals surface area contributed by atoms with Crippen LogP contribution in [0.4, 0.5) is 0 Å². The molecule has 0 saturated heterocycles. The van der Waals surface area contributed by atoms with Crippen molar-refractivity contribution in [3.63, 3.8) is 0 Å². The number of carbonyl (C=O) groups is 1. The molecule has 0 unspecified atom stereocenters. The van der Waals surface area contributed by atoms with E-state index in [0.717, 1.165) is 11.3 Å². The first-order valence-corrected chi connectivity index (χ1v) is 11.0. The Labute approximate surface area is 154 Å². The molecule has 1 N–H and O–H groups in total. The largest absolute Gasteiger partial charge is 0.349 e. The standard InChI is InChI=1S/C19H23NO3S2/c1-14-6-4-5-7-17(14)12-24-13-19(21)20-15(2)16-8-10-18(11-9-16)25(3,22)23/h4-11,15H,12-13H2,1-3H3,(H,20,21)/t15-/m1/s1. The summed E-state index contributed by atoms with van der Waals surface area (Å²) in [6.07, 6.45) is 1.18. The maximum atomic E-state index is 12.1. The minimum absolute atomic E-state index is 0.0294.